The Hall–Kier alpha value is -2.44. The topological polar surface area (TPSA) is 62.8 Å². The minimum atomic E-state index is -0.157. The highest BCUT2D eigenvalue weighted by Gasteiger charge is 2.18. The van der Waals surface area contributed by atoms with E-state index >= 15 is 0 Å². The Morgan fingerprint density at radius 1 is 1.15 bits per heavy atom. The van der Waals surface area contributed by atoms with Crippen LogP contribution in [0.4, 0.5) is 17.1 Å². The van der Waals surface area contributed by atoms with Gasteiger partial charge in [-0.3, -0.25) is 4.79 Å². The first-order valence-corrected chi connectivity index (χ1v) is 9.43. The molecule has 0 bridgehead atoms. The lowest BCUT2D eigenvalue weighted by Crippen LogP contribution is -2.37. The fraction of sp³-hybridized carbons (Fsp3) is 0.350. The minimum absolute atomic E-state index is 0.123. The number of hydrogen-bond acceptors (Lipinski definition) is 5. The summed E-state index contributed by atoms with van der Waals surface area (Å²) >= 11 is 6.42. The van der Waals surface area contributed by atoms with E-state index in [1.54, 1.807) is 0 Å². The Kier molecular flexibility index (Phi) is 6.79. The number of rotatable bonds is 7. The molecule has 7 heteroatoms. The number of benzene rings is 2. The quantitative estimate of drug-likeness (QED) is 0.757. The van der Waals surface area contributed by atoms with E-state index < -0.39 is 0 Å². The van der Waals surface area contributed by atoms with E-state index in [0.717, 1.165) is 24.5 Å². The fourth-order valence-corrected chi connectivity index (χ4v) is 3.28. The average Bonchev–Trinajstić information content (AvgIpc) is 2.69. The number of para-hydroxylation sites is 3. The maximum atomic E-state index is 12.4. The summed E-state index contributed by atoms with van der Waals surface area (Å²) < 4.78 is 11.0. The van der Waals surface area contributed by atoms with Crippen molar-refractivity contribution >= 4 is 34.6 Å². The second kappa shape index (κ2) is 9.48. The first kappa shape index (κ1) is 19.3. The highest BCUT2D eigenvalue weighted by molar-refractivity contribution is 6.34. The standard InChI is InChI=1S/C20H24ClN3O3/c1-2-27-18-9-4-3-7-16(18)23-19(25)14-22-17-8-5-6-15(21)20(17)24-10-12-26-13-11-24/h3-9,22H,2,10-14H2,1H3,(H,23,25). The molecule has 0 saturated carbocycles. The van der Waals surface area contributed by atoms with Gasteiger partial charge in [-0.1, -0.05) is 29.8 Å². The zero-order chi connectivity index (χ0) is 19.1. The van der Waals surface area contributed by atoms with Crippen LogP contribution in [0.2, 0.25) is 5.02 Å². The Balaban J connectivity index is 1.66. The first-order chi connectivity index (χ1) is 13.2. The van der Waals surface area contributed by atoms with E-state index in [0.29, 0.717) is 36.3 Å². The van der Waals surface area contributed by atoms with Gasteiger partial charge in [0.25, 0.3) is 0 Å². The van der Waals surface area contributed by atoms with Crippen LogP contribution < -0.4 is 20.3 Å². The number of anilines is 3. The molecule has 27 heavy (non-hydrogen) atoms. The Labute approximate surface area is 164 Å². The number of nitrogens with one attached hydrogen (secondary N) is 2. The van der Waals surface area contributed by atoms with Crippen LogP contribution in [0.1, 0.15) is 6.92 Å². The van der Waals surface area contributed by atoms with E-state index in [1.165, 1.54) is 0 Å². The van der Waals surface area contributed by atoms with Crippen LogP contribution in [-0.2, 0) is 9.53 Å². The second-order valence-corrected chi connectivity index (χ2v) is 6.47. The molecule has 1 fully saturated rings. The number of nitrogens with zero attached hydrogens (tertiary/aromatic N) is 1. The predicted molar refractivity (Wildman–Crippen MR) is 109 cm³/mol. The van der Waals surface area contributed by atoms with Gasteiger partial charge in [-0.05, 0) is 31.2 Å². The molecule has 0 spiro atoms. The van der Waals surface area contributed by atoms with E-state index in [4.69, 9.17) is 21.1 Å². The van der Waals surface area contributed by atoms with E-state index in [1.807, 2.05) is 49.4 Å². The van der Waals surface area contributed by atoms with Crippen molar-refractivity contribution in [3.8, 4) is 5.75 Å². The maximum Gasteiger partial charge on any atom is 0.243 e. The summed E-state index contributed by atoms with van der Waals surface area (Å²) in [4.78, 5) is 14.6. The summed E-state index contributed by atoms with van der Waals surface area (Å²) in [5.41, 5.74) is 2.40. The SMILES string of the molecule is CCOc1ccccc1NC(=O)CNc1cccc(Cl)c1N1CCOCC1. The molecule has 1 heterocycles. The van der Waals surface area contributed by atoms with Crippen LogP contribution in [0.25, 0.3) is 0 Å². The molecule has 3 rings (SSSR count). The molecular weight excluding hydrogens is 366 g/mol. The van der Waals surface area contributed by atoms with Crippen LogP contribution in [0, 0.1) is 0 Å². The highest BCUT2D eigenvalue weighted by atomic mass is 35.5. The fourth-order valence-electron chi connectivity index (χ4n) is 2.99. The van der Waals surface area contributed by atoms with Gasteiger partial charge in [-0.25, -0.2) is 0 Å². The molecule has 1 aliphatic heterocycles. The van der Waals surface area contributed by atoms with Crippen molar-refractivity contribution in [3.63, 3.8) is 0 Å². The highest BCUT2D eigenvalue weighted by Crippen LogP contribution is 2.34. The number of amides is 1. The Morgan fingerprint density at radius 3 is 2.67 bits per heavy atom. The lowest BCUT2D eigenvalue weighted by Gasteiger charge is -2.31. The van der Waals surface area contributed by atoms with Crippen molar-refractivity contribution in [2.24, 2.45) is 0 Å². The van der Waals surface area contributed by atoms with Crippen molar-refractivity contribution in [1.29, 1.82) is 0 Å². The van der Waals surface area contributed by atoms with Crippen LogP contribution >= 0.6 is 11.6 Å². The van der Waals surface area contributed by atoms with Crippen molar-refractivity contribution in [1.82, 2.24) is 0 Å². The number of hydrogen-bond donors (Lipinski definition) is 2. The number of halogens is 1. The summed E-state index contributed by atoms with van der Waals surface area (Å²) in [6, 6.07) is 13.0. The van der Waals surface area contributed by atoms with Gasteiger partial charge in [-0.15, -0.1) is 0 Å². The third-order valence-electron chi connectivity index (χ3n) is 4.21. The summed E-state index contributed by atoms with van der Waals surface area (Å²) in [5, 5.41) is 6.75. The monoisotopic (exact) mass is 389 g/mol. The van der Waals surface area contributed by atoms with Crippen LogP contribution in [0.15, 0.2) is 42.5 Å². The smallest absolute Gasteiger partial charge is 0.243 e. The van der Waals surface area contributed by atoms with E-state index in [9.17, 15) is 4.79 Å². The molecule has 1 amide bonds. The molecule has 0 unspecified atom stereocenters. The van der Waals surface area contributed by atoms with Gasteiger partial charge < -0.3 is 25.0 Å². The van der Waals surface area contributed by atoms with Gasteiger partial charge in [0.2, 0.25) is 5.91 Å². The number of ether oxygens (including phenoxy) is 2. The van der Waals surface area contributed by atoms with E-state index in [2.05, 4.69) is 15.5 Å². The van der Waals surface area contributed by atoms with Crippen molar-refractivity contribution in [2.45, 2.75) is 6.92 Å². The molecular formula is C20H24ClN3O3. The van der Waals surface area contributed by atoms with Gasteiger partial charge in [-0.2, -0.15) is 0 Å². The van der Waals surface area contributed by atoms with Crippen molar-refractivity contribution < 1.29 is 14.3 Å². The molecule has 2 aromatic rings. The zero-order valence-electron chi connectivity index (χ0n) is 15.3. The average molecular weight is 390 g/mol. The second-order valence-electron chi connectivity index (χ2n) is 6.07. The molecule has 1 aliphatic rings. The van der Waals surface area contributed by atoms with Crippen LogP contribution in [-0.4, -0.2) is 45.4 Å². The molecule has 0 radical (unpaired) electrons. The maximum absolute atomic E-state index is 12.4. The molecule has 6 nitrogen and oxygen atoms in total. The summed E-state index contributed by atoms with van der Waals surface area (Å²) in [5.74, 6) is 0.500. The van der Waals surface area contributed by atoms with Crippen molar-refractivity contribution in [2.75, 3.05) is 55.0 Å². The van der Waals surface area contributed by atoms with Gasteiger partial charge in [0.05, 0.1) is 48.5 Å². The van der Waals surface area contributed by atoms with Gasteiger partial charge in [0, 0.05) is 13.1 Å². The number of carbonyl (C=O) groups excluding carboxylic acids is 1. The largest absolute Gasteiger partial charge is 0.492 e. The van der Waals surface area contributed by atoms with Gasteiger partial charge in [0.15, 0.2) is 0 Å². The first-order valence-electron chi connectivity index (χ1n) is 9.05. The summed E-state index contributed by atoms with van der Waals surface area (Å²) in [6.07, 6.45) is 0. The summed E-state index contributed by atoms with van der Waals surface area (Å²) in [6.45, 7) is 5.44. The normalized spacial score (nSPS) is 13.9. The molecule has 0 aliphatic carbocycles. The van der Waals surface area contributed by atoms with Gasteiger partial charge in [0.1, 0.15) is 5.75 Å². The molecule has 144 valence electrons. The Bertz CT molecular complexity index is 779. The van der Waals surface area contributed by atoms with Crippen LogP contribution in [0.3, 0.4) is 0 Å². The number of morpholine rings is 1. The zero-order valence-corrected chi connectivity index (χ0v) is 16.1. The molecule has 2 N–H and O–H groups in total. The number of carbonyl (C=O) groups is 1. The third kappa shape index (κ3) is 5.05. The lowest BCUT2D eigenvalue weighted by atomic mass is 10.2. The molecule has 0 atom stereocenters. The predicted octanol–water partition coefficient (Wildman–Crippen LogP) is 3.63. The van der Waals surface area contributed by atoms with Crippen LogP contribution in [0.5, 0.6) is 5.75 Å². The lowest BCUT2D eigenvalue weighted by molar-refractivity contribution is -0.114. The third-order valence-corrected chi connectivity index (χ3v) is 4.52. The Morgan fingerprint density at radius 2 is 1.89 bits per heavy atom. The van der Waals surface area contributed by atoms with Gasteiger partial charge >= 0.3 is 0 Å². The molecule has 0 aromatic heterocycles. The summed E-state index contributed by atoms with van der Waals surface area (Å²) in [7, 11) is 0. The minimum Gasteiger partial charge on any atom is -0.492 e. The molecule has 2 aromatic carbocycles. The molecule has 1 saturated heterocycles. The van der Waals surface area contributed by atoms with Crippen molar-refractivity contribution in [3.05, 3.63) is 47.5 Å². The van der Waals surface area contributed by atoms with E-state index in [-0.39, 0.29) is 12.5 Å².